The summed E-state index contributed by atoms with van der Waals surface area (Å²) in [6.07, 6.45) is 12.4. The lowest BCUT2D eigenvalue weighted by atomic mass is 10.1. The molecule has 0 atom stereocenters. The van der Waals surface area contributed by atoms with Gasteiger partial charge in [-0.2, -0.15) is 0 Å². The Hall–Kier alpha value is -2.55. The van der Waals surface area contributed by atoms with Crippen LogP contribution in [0.5, 0.6) is 5.75 Å². The molecule has 0 aliphatic heterocycles. The maximum atomic E-state index is 12.1. The molecule has 0 aliphatic carbocycles. The van der Waals surface area contributed by atoms with Crippen molar-refractivity contribution in [3.05, 3.63) is 65.7 Å². The zero-order valence-corrected chi connectivity index (χ0v) is 16.3. The monoisotopic (exact) mass is 365 g/mol. The summed E-state index contributed by atoms with van der Waals surface area (Å²) in [4.78, 5) is 12.1. The Balaban J connectivity index is 1.70. The van der Waals surface area contributed by atoms with Crippen molar-refractivity contribution in [3.8, 4) is 5.75 Å². The smallest absolute Gasteiger partial charge is 0.185 e. The predicted octanol–water partition coefficient (Wildman–Crippen LogP) is 6.29. The van der Waals surface area contributed by atoms with E-state index in [0.29, 0.717) is 11.3 Å². The van der Waals surface area contributed by atoms with Gasteiger partial charge >= 0.3 is 0 Å². The minimum Gasteiger partial charge on any atom is -0.494 e. The summed E-state index contributed by atoms with van der Waals surface area (Å²) in [5.74, 6) is 0.845. The lowest BCUT2D eigenvalue weighted by Crippen LogP contribution is -1.97. The second-order valence-corrected chi connectivity index (χ2v) is 6.86. The van der Waals surface area contributed by atoms with E-state index in [-0.39, 0.29) is 5.78 Å². The number of nitrogen functional groups attached to an aromatic ring is 1. The van der Waals surface area contributed by atoms with Gasteiger partial charge in [0.1, 0.15) is 5.75 Å². The molecule has 3 nitrogen and oxygen atoms in total. The Kier molecular flexibility index (Phi) is 9.19. The lowest BCUT2D eigenvalue weighted by Gasteiger charge is -2.06. The quantitative estimate of drug-likeness (QED) is 0.208. The van der Waals surface area contributed by atoms with E-state index in [1.165, 1.54) is 38.5 Å². The van der Waals surface area contributed by atoms with E-state index in [1.807, 2.05) is 30.3 Å². The first-order valence-corrected chi connectivity index (χ1v) is 10.00. The molecule has 0 radical (unpaired) electrons. The van der Waals surface area contributed by atoms with Crippen LogP contribution in [0.15, 0.2) is 54.6 Å². The van der Waals surface area contributed by atoms with Crippen molar-refractivity contribution >= 4 is 17.5 Å². The average Bonchev–Trinajstić information content (AvgIpc) is 2.69. The molecule has 0 heterocycles. The van der Waals surface area contributed by atoms with E-state index in [2.05, 4.69) is 6.92 Å². The molecule has 2 rings (SSSR count). The number of unbranched alkanes of at least 4 members (excludes halogenated alkanes) is 6. The average molecular weight is 366 g/mol. The molecule has 27 heavy (non-hydrogen) atoms. The summed E-state index contributed by atoms with van der Waals surface area (Å²) in [7, 11) is 0. The number of allylic oxidation sites excluding steroid dienone is 1. The molecule has 0 fully saturated rings. The maximum Gasteiger partial charge on any atom is 0.185 e. The fourth-order valence-electron chi connectivity index (χ4n) is 2.84. The molecule has 0 aromatic heterocycles. The third-order valence-corrected chi connectivity index (χ3v) is 4.52. The molecule has 0 saturated heterocycles. The molecular weight excluding hydrogens is 334 g/mol. The van der Waals surface area contributed by atoms with Crippen molar-refractivity contribution in [1.29, 1.82) is 0 Å². The van der Waals surface area contributed by atoms with Crippen molar-refractivity contribution in [2.45, 2.75) is 51.9 Å². The van der Waals surface area contributed by atoms with Crippen LogP contribution in [0.2, 0.25) is 0 Å². The van der Waals surface area contributed by atoms with Crippen LogP contribution in [0.25, 0.3) is 6.08 Å². The van der Waals surface area contributed by atoms with E-state index in [4.69, 9.17) is 10.5 Å². The molecule has 3 heteroatoms. The van der Waals surface area contributed by atoms with Crippen LogP contribution in [-0.4, -0.2) is 12.4 Å². The number of ketones is 1. The van der Waals surface area contributed by atoms with Crippen LogP contribution in [0, 0.1) is 0 Å². The summed E-state index contributed by atoms with van der Waals surface area (Å²) in [5.41, 5.74) is 7.90. The summed E-state index contributed by atoms with van der Waals surface area (Å²) in [6.45, 7) is 3.01. The van der Waals surface area contributed by atoms with Crippen molar-refractivity contribution < 1.29 is 9.53 Å². The number of carbonyl (C=O) groups is 1. The largest absolute Gasteiger partial charge is 0.494 e. The Morgan fingerprint density at radius 1 is 0.889 bits per heavy atom. The number of hydrogen-bond acceptors (Lipinski definition) is 3. The number of hydrogen-bond donors (Lipinski definition) is 1. The Bertz CT molecular complexity index is 702. The van der Waals surface area contributed by atoms with Gasteiger partial charge in [0.2, 0.25) is 0 Å². The molecule has 2 N–H and O–H groups in total. The van der Waals surface area contributed by atoms with Crippen LogP contribution in [0.1, 0.15) is 67.8 Å². The van der Waals surface area contributed by atoms with Gasteiger partial charge < -0.3 is 10.5 Å². The second-order valence-electron chi connectivity index (χ2n) is 6.86. The minimum atomic E-state index is -0.0331. The van der Waals surface area contributed by atoms with Gasteiger partial charge in [-0.25, -0.2) is 0 Å². The van der Waals surface area contributed by atoms with Crippen LogP contribution < -0.4 is 10.5 Å². The highest BCUT2D eigenvalue weighted by atomic mass is 16.5. The standard InChI is InChI=1S/C24H31NO2/c1-2-3-4-5-6-7-8-19-27-23-16-9-20(10-17-23)11-18-24(26)21-12-14-22(25)15-13-21/h9-18H,2-8,19,25H2,1H3/b18-11+. The van der Waals surface area contributed by atoms with Crippen molar-refractivity contribution in [2.75, 3.05) is 12.3 Å². The molecule has 2 aromatic carbocycles. The second kappa shape index (κ2) is 11.9. The van der Waals surface area contributed by atoms with Crippen LogP contribution in [0.3, 0.4) is 0 Å². The third kappa shape index (κ3) is 8.12. The van der Waals surface area contributed by atoms with Gasteiger partial charge in [-0.15, -0.1) is 0 Å². The summed E-state index contributed by atoms with van der Waals surface area (Å²) in [5, 5.41) is 0. The molecular formula is C24H31NO2. The molecule has 0 saturated carbocycles. The van der Waals surface area contributed by atoms with Crippen molar-refractivity contribution in [1.82, 2.24) is 0 Å². The zero-order valence-electron chi connectivity index (χ0n) is 16.3. The summed E-state index contributed by atoms with van der Waals surface area (Å²) >= 11 is 0. The minimum absolute atomic E-state index is 0.0331. The highest BCUT2D eigenvalue weighted by Crippen LogP contribution is 2.15. The van der Waals surface area contributed by atoms with Gasteiger partial charge in [0.15, 0.2) is 5.78 Å². The van der Waals surface area contributed by atoms with Gasteiger partial charge in [-0.05, 0) is 54.5 Å². The third-order valence-electron chi connectivity index (χ3n) is 4.52. The summed E-state index contributed by atoms with van der Waals surface area (Å²) < 4.78 is 5.79. The molecule has 0 unspecified atom stereocenters. The van der Waals surface area contributed by atoms with Crippen molar-refractivity contribution in [2.24, 2.45) is 0 Å². The van der Waals surface area contributed by atoms with Gasteiger partial charge in [0.25, 0.3) is 0 Å². The predicted molar refractivity (Wildman–Crippen MR) is 114 cm³/mol. The first-order chi connectivity index (χ1) is 13.2. The fraction of sp³-hybridized carbons (Fsp3) is 0.375. The number of rotatable bonds is 12. The maximum absolute atomic E-state index is 12.1. The molecule has 0 bridgehead atoms. The van der Waals surface area contributed by atoms with Gasteiger partial charge in [0.05, 0.1) is 6.61 Å². The number of carbonyl (C=O) groups excluding carboxylic acids is 1. The van der Waals surface area contributed by atoms with E-state index in [0.717, 1.165) is 24.3 Å². The van der Waals surface area contributed by atoms with E-state index in [9.17, 15) is 4.79 Å². The normalized spacial score (nSPS) is 11.0. The van der Waals surface area contributed by atoms with E-state index >= 15 is 0 Å². The van der Waals surface area contributed by atoms with Crippen LogP contribution in [0.4, 0.5) is 5.69 Å². The molecule has 0 aliphatic rings. The highest BCUT2D eigenvalue weighted by Gasteiger charge is 2.01. The van der Waals surface area contributed by atoms with Crippen molar-refractivity contribution in [3.63, 3.8) is 0 Å². The van der Waals surface area contributed by atoms with Crippen LogP contribution >= 0.6 is 0 Å². The SMILES string of the molecule is CCCCCCCCCOc1ccc(/C=C/C(=O)c2ccc(N)cc2)cc1. The number of nitrogens with two attached hydrogens (primary N) is 1. The van der Waals surface area contributed by atoms with Crippen LogP contribution in [-0.2, 0) is 0 Å². The first-order valence-electron chi connectivity index (χ1n) is 10.00. The Labute approximate surface area is 163 Å². The topological polar surface area (TPSA) is 52.3 Å². The highest BCUT2D eigenvalue weighted by molar-refractivity contribution is 6.06. The number of anilines is 1. The van der Waals surface area contributed by atoms with Gasteiger partial charge in [-0.1, -0.05) is 63.7 Å². The lowest BCUT2D eigenvalue weighted by molar-refractivity contribution is 0.104. The number of benzene rings is 2. The van der Waals surface area contributed by atoms with E-state index < -0.39 is 0 Å². The fourth-order valence-corrected chi connectivity index (χ4v) is 2.84. The summed E-state index contributed by atoms with van der Waals surface area (Å²) in [6, 6.07) is 14.8. The Morgan fingerprint density at radius 3 is 2.19 bits per heavy atom. The van der Waals surface area contributed by atoms with Gasteiger partial charge in [0, 0.05) is 11.3 Å². The molecule has 0 spiro atoms. The molecule has 2 aromatic rings. The molecule has 144 valence electrons. The Morgan fingerprint density at radius 2 is 1.52 bits per heavy atom. The first kappa shape index (κ1) is 20.8. The van der Waals surface area contributed by atoms with Gasteiger partial charge in [-0.3, -0.25) is 4.79 Å². The number of ether oxygens (including phenoxy) is 1. The molecule has 0 amide bonds. The van der Waals surface area contributed by atoms with E-state index in [1.54, 1.807) is 30.3 Å². The zero-order chi connectivity index (χ0) is 19.3.